The molecule has 19 heavy (non-hydrogen) atoms. The SMILES string of the molecule is CCc1nn(C)cc1CNC(=O)c1ccccc1Br. The van der Waals surface area contributed by atoms with E-state index >= 15 is 0 Å². The molecule has 0 radical (unpaired) electrons. The van der Waals surface area contributed by atoms with E-state index < -0.39 is 0 Å². The fraction of sp³-hybridized carbons (Fsp3) is 0.286. The number of hydrogen-bond donors (Lipinski definition) is 1. The summed E-state index contributed by atoms with van der Waals surface area (Å²) < 4.78 is 2.58. The van der Waals surface area contributed by atoms with Crippen molar-refractivity contribution in [1.82, 2.24) is 15.1 Å². The largest absolute Gasteiger partial charge is 0.348 e. The van der Waals surface area contributed by atoms with E-state index in [0.717, 1.165) is 22.2 Å². The number of amides is 1. The van der Waals surface area contributed by atoms with Gasteiger partial charge in [-0.1, -0.05) is 19.1 Å². The van der Waals surface area contributed by atoms with Gasteiger partial charge in [-0.15, -0.1) is 0 Å². The second-order valence-electron chi connectivity index (χ2n) is 4.29. The van der Waals surface area contributed by atoms with Crippen LogP contribution in [-0.4, -0.2) is 15.7 Å². The highest BCUT2D eigenvalue weighted by Crippen LogP contribution is 2.16. The number of benzene rings is 1. The Bertz CT molecular complexity index is 592. The predicted molar refractivity (Wildman–Crippen MR) is 77.9 cm³/mol. The van der Waals surface area contributed by atoms with Crippen molar-refractivity contribution < 1.29 is 4.79 Å². The lowest BCUT2D eigenvalue weighted by molar-refractivity contribution is 0.0950. The van der Waals surface area contributed by atoms with Crippen LogP contribution in [0.25, 0.3) is 0 Å². The minimum atomic E-state index is -0.0848. The first kappa shape index (κ1) is 13.8. The number of carbonyl (C=O) groups is 1. The minimum Gasteiger partial charge on any atom is -0.348 e. The van der Waals surface area contributed by atoms with Crippen LogP contribution in [0.2, 0.25) is 0 Å². The molecule has 1 N–H and O–H groups in total. The van der Waals surface area contributed by atoms with Crippen molar-refractivity contribution in [3.8, 4) is 0 Å². The summed E-state index contributed by atoms with van der Waals surface area (Å²) in [6.45, 7) is 2.55. The third kappa shape index (κ3) is 3.23. The zero-order valence-electron chi connectivity index (χ0n) is 11.0. The zero-order chi connectivity index (χ0) is 13.8. The number of hydrogen-bond acceptors (Lipinski definition) is 2. The molecule has 0 saturated carbocycles. The third-order valence-electron chi connectivity index (χ3n) is 2.88. The van der Waals surface area contributed by atoms with Gasteiger partial charge in [-0.05, 0) is 34.5 Å². The van der Waals surface area contributed by atoms with Crippen molar-refractivity contribution in [3.63, 3.8) is 0 Å². The lowest BCUT2D eigenvalue weighted by Crippen LogP contribution is -2.23. The van der Waals surface area contributed by atoms with E-state index in [-0.39, 0.29) is 5.91 Å². The average Bonchev–Trinajstić information content (AvgIpc) is 2.77. The van der Waals surface area contributed by atoms with Crippen molar-refractivity contribution in [2.75, 3.05) is 0 Å². The van der Waals surface area contributed by atoms with Crippen LogP contribution in [-0.2, 0) is 20.0 Å². The molecular weight excluding hydrogens is 306 g/mol. The van der Waals surface area contributed by atoms with E-state index in [1.807, 2.05) is 31.4 Å². The lowest BCUT2D eigenvalue weighted by atomic mass is 10.2. The van der Waals surface area contributed by atoms with Gasteiger partial charge in [0.15, 0.2) is 0 Å². The number of rotatable bonds is 4. The first-order valence-electron chi connectivity index (χ1n) is 6.16. The Hall–Kier alpha value is -1.62. The van der Waals surface area contributed by atoms with Crippen LogP contribution >= 0.6 is 15.9 Å². The molecule has 0 aliphatic rings. The second kappa shape index (κ2) is 6.02. The molecule has 2 aromatic rings. The van der Waals surface area contributed by atoms with Gasteiger partial charge >= 0.3 is 0 Å². The van der Waals surface area contributed by atoms with Gasteiger partial charge in [-0.3, -0.25) is 9.48 Å². The molecule has 1 aromatic heterocycles. The van der Waals surface area contributed by atoms with Crippen molar-refractivity contribution >= 4 is 21.8 Å². The predicted octanol–water partition coefficient (Wildman–Crippen LogP) is 2.68. The van der Waals surface area contributed by atoms with E-state index in [9.17, 15) is 4.79 Å². The van der Waals surface area contributed by atoms with Gasteiger partial charge in [-0.2, -0.15) is 5.10 Å². The Morgan fingerprint density at radius 3 is 2.84 bits per heavy atom. The molecule has 0 bridgehead atoms. The van der Waals surface area contributed by atoms with Crippen molar-refractivity contribution in [3.05, 3.63) is 51.8 Å². The quantitative estimate of drug-likeness (QED) is 0.941. The number of nitrogens with one attached hydrogen (secondary N) is 1. The molecule has 0 aliphatic carbocycles. The number of carbonyl (C=O) groups excluding carboxylic acids is 1. The average molecular weight is 322 g/mol. The van der Waals surface area contributed by atoms with Crippen molar-refractivity contribution in [2.24, 2.45) is 7.05 Å². The normalized spacial score (nSPS) is 10.5. The fourth-order valence-corrected chi connectivity index (χ4v) is 2.41. The first-order valence-corrected chi connectivity index (χ1v) is 6.95. The number of aromatic nitrogens is 2. The number of nitrogens with zero attached hydrogens (tertiary/aromatic N) is 2. The van der Waals surface area contributed by atoms with Crippen LogP contribution < -0.4 is 5.32 Å². The molecule has 1 aromatic carbocycles. The van der Waals surface area contributed by atoms with Gasteiger partial charge in [0.1, 0.15) is 0 Å². The summed E-state index contributed by atoms with van der Waals surface area (Å²) in [5.74, 6) is -0.0848. The highest BCUT2D eigenvalue weighted by atomic mass is 79.9. The summed E-state index contributed by atoms with van der Waals surface area (Å²) in [4.78, 5) is 12.1. The number of aryl methyl sites for hydroxylation is 2. The number of halogens is 1. The monoisotopic (exact) mass is 321 g/mol. The summed E-state index contributed by atoms with van der Waals surface area (Å²) in [7, 11) is 1.89. The standard InChI is InChI=1S/C14H16BrN3O/c1-3-13-10(9-18(2)17-13)8-16-14(19)11-6-4-5-7-12(11)15/h4-7,9H,3,8H2,1-2H3,(H,16,19). The minimum absolute atomic E-state index is 0.0848. The molecule has 0 unspecified atom stereocenters. The van der Waals surface area contributed by atoms with Crippen LogP contribution in [0.4, 0.5) is 0 Å². The lowest BCUT2D eigenvalue weighted by Gasteiger charge is -2.06. The topological polar surface area (TPSA) is 46.9 Å². The van der Waals surface area contributed by atoms with Crippen molar-refractivity contribution in [1.29, 1.82) is 0 Å². The van der Waals surface area contributed by atoms with Crippen molar-refractivity contribution in [2.45, 2.75) is 19.9 Å². The van der Waals surface area contributed by atoms with E-state index in [1.165, 1.54) is 0 Å². The zero-order valence-corrected chi connectivity index (χ0v) is 12.6. The van der Waals surface area contributed by atoms with E-state index in [0.29, 0.717) is 12.1 Å². The van der Waals surface area contributed by atoms with Crippen LogP contribution in [0.1, 0.15) is 28.5 Å². The van der Waals surface area contributed by atoms with Gasteiger partial charge in [0.25, 0.3) is 5.91 Å². The maximum atomic E-state index is 12.1. The van der Waals surface area contributed by atoms with E-state index in [1.54, 1.807) is 10.7 Å². The molecule has 0 fully saturated rings. The van der Waals surface area contributed by atoms with E-state index in [2.05, 4.69) is 33.3 Å². The molecular formula is C14H16BrN3O. The van der Waals surface area contributed by atoms with Gasteiger partial charge in [0.05, 0.1) is 11.3 Å². The molecule has 5 heteroatoms. The molecule has 0 aliphatic heterocycles. The molecule has 100 valence electrons. The maximum Gasteiger partial charge on any atom is 0.252 e. The van der Waals surface area contributed by atoms with Crippen LogP contribution in [0.15, 0.2) is 34.9 Å². The van der Waals surface area contributed by atoms with Crippen LogP contribution in [0.3, 0.4) is 0 Å². The summed E-state index contributed by atoms with van der Waals surface area (Å²) in [5, 5.41) is 7.28. The Balaban J connectivity index is 2.06. The maximum absolute atomic E-state index is 12.1. The van der Waals surface area contributed by atoms with Gasteiger partial charge in [0.2, 0.25) is 0 Å². The Morgan fingerprint density at radius 1 is 1.42 bits per heavy atom. The molecule has 1 amide bonds. The second-order valence-corrected chi connectivity index (χ2v) is 5.15. The Kier molecular flexibility index (Phi) is 4.37. The molecule has 0 spiro atoms. The van der Waals surface area contributed by atoms with Gasteiger partial charge in [0, 0.05) is 29.8 Å². The molecule has 4 nitrogen and oxygen atoms in total. The highest BCUT2D eigenvalue weighted by molar-refractivity contribution is 9.10. The summed E-state index contributed by atoms with van der Waals surface area (Å²) in [6.07, 6.45) is 2.81. The smallest absolute Gasteiger partial charge is 0.252 e. The third-order valence-corrected chi connectivity index (χ3v) is 3.58. The molecule has 2 rings (SSSR count). The Morgan fingerprint density at radius 2 is 2.16 bits per heavy atom. The van der Waals surface area contributed by atoms with Crippen LogP contribution in [0.5, 0.6) is 0 Å². The van der Waals surface area contributed by atoms with Gasteiger partial charge < -0.3 is 5.32 Å². The first-order chi connectivity index (χ1) is 9.11. The highest BCUT2D eigenvalue weighted by Gasteiger charge is 2.11. The summed E-state index contributed by atoms with van der Waals surface area (Å²) >= 11 is 3.38. The Labute approximate surface area is 120 Å². The molecule has 1 heterocycles. The fourth-order valence-electron chi connectivity index (χ4n) is 1.95. The van der Waals surface area contributed by atoms with E-state index in [4.69, 9.17) is 0 Å². The molecule has 0 atom stereocenters. The summed E-state index contributed by atoms with van der Waals surface area (Å²) in [6, 6.07) is 7.39. The van der Waals surface area contributed by atoms with Crippen LogP contribution in [0, 0.1) is 0 Å². The summed E-state index contributed by atoms with van der Waals surface area (Å²) in [5.41, 5.74) is 2.73. The van der Waals surface area contributed by atoms with Gasteiger partial charge in [-0.25, -0.2) is 0 Å². The molecule has 0 saturated heterocycles.